The van der Waals surface area contributed by atoms with Gasteiger partial charge in [-0.1, -0.05) is 12.1 Å². The average Bonchev–Trinajstić information content (AvgIpc) is 3.23. The van der Waals surface area contributed by atoms with E-state index in [0.717, 1.165) is 28.5 Å². The van der Waals surface area contributed by atoms with Gasteiger partial charge in [-0.3, -0.25) is 0 Å². The van der Waals surface area contributed by atoms with Crippen molar-refractivity contribution in [3.8, 4) is 0 Å². The minimum absolute atomic E-state index is 0.145. The van der Waals surface area contributed by atoms with Crippen LogP contribution in [0.2, 0.25) is 0 Å². The highest BCUT2D eigenvalue weighted by Crippen LogP contribution is 2.47. The third kappa shape index (κ3) is 3.06. The Kier molecular flexibility index (Phi) is 4.49. The zero-order valence-electron chi connectivity index (χ0n) is 15.2. The summed E-state index contributed by atoms with van der Waals surface area (Å²) in [5.74, 6) is -1.23. The summed E-state index contributed by atoms with van der Waals surface area (Å²) in [6.07, 6.45) is 0.475. The molecule has 1 fully saturated rings. The fourth-order valence-corrected chi connectivity index (χ4v) is 5.32. The molecule has 0 saturated carbocycles. The summed E-state index contributed by atoms with van der Waals surface area (Å²) in [4.78, 5) is 0. The molecule has 3 heterocycles. The van der Waals surface area contributed by atoms with E-state index >= 15 is 0 Å². The Morgan fingerprint density at radius 3 is 2.82 bits per heavy atom. The molecule has 4 nitrogen and oxygen atoms in total. The molecule has 0 bridgehead atoms. The summed E-state index contributed by atoms with van der Waals surface area (Å²) in [6.45, 7) is 0.287. The van der Waals surface area contributed by atoms with Crippen molar-refractivity contribution in [1.82, 2.24) is 0 Å². The topological polar surface area (TPSA) is 58.9 Å². The normalized spacial score (nSPS) is 26.8. The molecule has 1 spiro atoms. The SMILES string of the molecule is OCC1CC(O)C[C@@]2(OCc3cc4scc(Cc5ccc(F)cc5)c4cc32)O1. The predicted molar refractivity (Wildman–Crippen MR) is 105 cm³/mol. The van der Waals surface area contributed by atoms with Crippen LogP contribution >= 0.6 is 11.3 Å². The molecule has 0 aliphatic carbocycles. The van der Waals surface area contributed by atoms with Crippen LogP contribution in [0.5, 0.6) is 0 Å². The maximum absolute atomic E-state index is 13.2. The van der Waals surface area contributed by atoms with Crippen LogP contribution in [0.1, 0.15) is 35.1 Å². The van der Waals surface area contributed by atoms with E-state index in [0.29, 0.717) is 19.4 Å². The molecule has 0 radical (unpaired) electrons. The van der Waals surface area contributed by atoms with E-state index in [1.807, 2.05) is 12.1 Å². The Morgan fingerprint density at radius 1 is 1.21 bits per heavy atom. The van der Waals surface area contributed by atoms with Gasteiger partial charge >= 0.3 is 0 Å². The molecule has 1 saturated heterocycles. The van der Waals surface area contributed by atoms with Crippen LogP contribution < -0.4 is 0 Å². The van der Waals surface area contributed by atoms with Gasteiger partial charge in [-0.25, -0.2) is 4.39 Å². The van der Waals surface area contributed by atoms with Gasteiger partial charge < -0.3 is 19.7 Å². The number of halogens is 1. The Bertz CT molecular complexity index is 1020. The molecule has 2 aromatic carbocycles. The van der Waals surface area contributed by atoms with E-state index in [-0.39, 0.29) is 12.4 Å². The van der Waals surface area contributed by atoms with Gasteiger partial charge in [0, 0.05) is 23.1 Å². The molecular formula is C22H21FO4S. The van der Waals surface area contributed by atoms with E-state index in [1.165, 1.54) is 22.4 Å². The highest BCUT2D eigenvalue weighted by Gasteiger charge is 2.48. The molecule has 1 aromatic heterocycles. The highest BCUT2D eigenvalue weighted by atomic mass is 32.1. The van der Waals surface area contributed by atoms with Crippen molar-refractivity contribution in [2.24, 2.45) is 0 Å². The molecule has 6 heteroatoms. The molecule has 146 valence electrons. The monoisotopic (exact) mass is 400 g/mol. The number of fused-ring (bicyclic) bond motifs is 3. The maximum atomic E-state index is 13.2. The predicted octanol–water partition coefficient (Wildman–Crippen LogP) is 3.85. The van der Waals surface area contributed by atoms with Gasteiger partial charge in [-0.05, 0) is 58.1 Å². The lowest BCUT2D eigenvalue weighted by molar-refractivity contribution is -0.302. The van der Waals surface area contributed by atoms with Crippen molar-refractivity contribution >= 4 is 21.4 Å². The Labute approximate surface area is 166 Å². The van der Waals surface area contributed by atoms with Crippen molar-refractivity contribution in [3.63, 3.8) is 0 Å². The lowest BCUT2D eigenvalue weighted by Crippen LogP contribution is -2.45. The van der Waals surface area contributed by atoms with Gasteiger partial charge in [-0.15, -0.1) is 11.3 Å². The summed E-state index contributed by atoms with van der Waals surface area (Å²) < 4.78 is 26.5. The van der Waals surface area contributed by atoms with E-state index < -0.39 is 18.0 Å². The first-order chi connectivity index (χ1) is 13.6. The van der Waals surface area contributed by atoms with E-state index in [9.17, 15) is 14.6 Å². The Hall–Kier alpha value is -1.83. The summed E-state index contributed by atoms with van der Waals surface area (Å²) in [6, 6.07) is 10.8. The van der Waals surface area contributed by atoms with Gasteiger partial charge in [0.2, 0.25) is 0 Å². The minimum Gasteiger partial charge on any atom is -0.394 e. The molecule has 0 amide bonds. The van der Waals surface area contributed by atoms with Gasteiger partial charge in [0.25, 0.3) is 0 Å². The first-order valence-corrected chi connectivity index (χ1v) is 10.3. The lowest BCUT2D eigenvalue weighted by Gasteiger charge is -2.40. The molecule has 5 rings (SSSR count). The number of aliphatic hydroxyl groups excluding tert-OH is 2. The van der Waals surface area contributed by atoms with Crippen molar-refractivity contribution in [1.29, 1.82) is 0 Å². The van der Waals surface area contributed by atoms with E-state index in [1.54, 1.807) is 11.3 Å². The summed E-state index contributed by atoms with van der Waals surface area (Å²) in [7, 11) is 0. The third-order valence-corrected chi connectivity index (χ3v) is 6.65. The van der Waals surface area contributed by atoms with Crippen LogP contribution in [0.4, 0.5) is 4.39 Å². The number of hydrogen-bond acceptors (Lipinski definition) is 5. The molecular weight excluding hydrogens is 379 g/mol. The van der Waals surface area contributed by atoms with Crippen molar-refractivity contribution < 1.29 is 24.1 Å². The van der Waals surface area contributed by atoms with Crippen LogP contribution in [0.15, 0.2) is 41.8 Å². The van der Waals surface area contributed by atoms with Gasteiger partial charge in [-0.2, -0.15) is 0 Å². The van der Waals surface area contributed by atoms with Gasteiger partial charge in [0.15, 0.2) is 5.79 Å². The maximum Gasteiger partial charge on any atom is 0.198 e. The molecule has 2 unspecified atom stereocenters. The zero-order chi connectivity index (χ0) is 19.3. The number of thiophene rings is 1. The quantitative estimate of drug-likeness (QED) is 0.701. The second-order valence-electron chi connectivity index (χ2n) is 7.63. The van der Waals surface area contributed by atoms with Gasteiger partial charge in [0.1, 0.15) is 5.82 Å². The zero-order valence-corrected chi connectivity index (χ0v) is 16.0. The fourth-order valence-electron chi connectivity index (χ4n) is 4.31. The number of aliphatic hydroxyl groups is 2. The van der Waals surface area contributed by atoms with Crippen molar-refractivity contribution in [2.75, 3.05) is 6.61 Å². The second-order valence-corrected chi connectivity index (χ2v) is 8.54. The lowest BCUT2D eigenvalue weighted by atomic mass is 9.90. The fraction of sp³-hybridized carbons (Fsp3) is 0.364. The van der Waals surface area contributed by atoms with Crippen LogP contribution in [0.25, 0.3) is 10.1 Å². The van der Waals surface area contributed by atoms with Crippen LogP contribution in [0, 0.1) is 5.82 Å². The number of ether oxygens (including phenoxy) is 2. The molecule has 2 aliphatic heterocycles. The third-order valence-electron chi connectivity index (χ3n) is 5.66. The van der Waals surface area contributed by atoms with Crippen LogP contribution in [-0.4, -0.2) is 29.0 Å². The smallest absolute Gasteiger partial charge is 0.198 e. The first-order valence-electron chi connectivity index (χ1n) is 9.45. The molecule has 2 N–H and O–H groups in total. The van der Waals surface area contributed by atoms with Crippen molar-refractivity contribution in [2.45, 2.75) is 43.9 Å². The summed E-state index contributed by atoms with van der Waals surface area (Å²) in [5.41, 5.74) is 4.23. The summed E-state index contributed by atoms with van der Waals surface area (Å²) >= 11 is 1.68. The Morgan fingerprint density at radius 2 is 2.04 bits per heavy atom. The van der Waals surface area contributed by atoms with E-state index in [2.05, 4.69) is 17.5 Å². The van der Waals surface area contributed by atoms with Crippen LogP contribution in [0.3, 0.4) is 0 Å². The summed E-state index contributed by atoms with van der Waals surface area (Å²) in [5, 5.41) is 23.1. The molecule has 2 aliphatic rings. The number of rotatable bonds is 3. The standard InChI is InChI=1S/C22H21FO4S/c23-16-3-1-13(2-4-16)5-15-12-28-21-6-14-11-26-22(20(14)8-19(15)21)9-17(25)7-18(10-24)27-22/h1-4,6,8,12,17-18,24-25H,5,7,9-11H2/t17?,18?,22-/m1/s1. The highest BCUT2D eigenvalue weighted by molar-refractivity contribution is 7.17. The van der Waals surface area contributed by atoms with Gasteiger partial charge in [0.05, 0.1) is 25.4 Å². The van der Waals surface area contributed by atoms with E-state index in [4.69, 9.17) is 9.47 Å². The second kappa shape index (κ2) is 6.90. The average molecular weight is 400 g/mol. The van der Waals surface area contributed by atoms with Crippen molar-refractivity contribution in [3.05, 3.63) is 69.8 Å². The first kappa shape index (κ1) is 18.2. The number of hydrogen-bond donors (Lipinski definition) is 2. The van der Waals surface area contributed by atoms with Crippen LogP contribution in [-0.2, 0) is 28.3 Å². The molecule has 3 aromatic rings. The molecule has 28 heavy (non-hydrogen) atoms. The Balaban J connectivity index is 1.54. The minimum atomic E-state index is -0.996. The largest absolute Gasteiger partial charge is 0.394 e. The molecule has 3 atom stereocenters. The number of benzene rings is 2.